The largest absolute Gasteiger partial charge is 0.368 e. The molecular formula is C23H38N6O4S. The lowest BCUT2D eigenvalue weighted by molar-refractivity contribution is -0.144. The molecule has 0 radical (unpaired) electrons. The lowest BCUT2D eigenvalue weighted by atomic mass is 9.85. The van der Waals surface area contributed by atoms with Gasteiger partial charge in [0.1, 0.15) is 18.1 Å². The number of hydrogen-bond acceptors (Lipinski definition) is 5. The lowest BCUT2D eigenvalue weighted by Crippen LogP contribution is -2.61. The van der Waals surface area contributed by atoms with Crippen molar-refractivity contribution >= 4 is 41.0 Å². The zero-order valence-corrected chi connectivity index (χ0v) is 21.7. The quantitative estimate of drug-likeness (QED) is 0.299. The fourth-order valence-electron chi connectivity index (χ4n) is 5.49. The minimum atomic E-state index is -0.979. The van der Waals surface area contributed by atoms with Crippen molar-refractivity contribution in [1.82, 2.24) is 26.2 Å². The van der Waals surface area contributed by atoms with E-state index in [1.54, 1.807) is 11.9 Å². The van der Waals surface area contributed by atoms with Gasteiger partial charge in [0.2, 0.25) is 23.6 Å². The molecule has 1 aliphatic carbocycles. The van der Waals surface area contributed by atoms with Gasteiger partial charge in [0.25, 0.3) is 0 Å². The first-order valence-electron chi connectivity index (χ1n) is 11.9. The lowest BCUT2D eigenvalue weighted by Gasteiger charge is -2.38. The molecule has 1 saturated carbocycles. The van der Waals surface area contributed by atoms with Crippen LogP contribution in [0.3, 0.4) is 0 Å². The van der Waals surface area contributed by atoms with Crippen molar-refractivity contribution < 1.29 is 19.2 Å². The number of fused-ring (bicyclic) bond motifs is 1. The monoisotopic (exact) mass is 494 g/mol. The van der Waals surface area contributed by atoms with Crippen LogP contribution in [0, 0.1) is 28.6 Å². The van der Waals surface area contributed by atoms with Crippen LogP contribution in [-0.4, -0.2) is 71.9 Å². The predicted molar refractivity (Wildman–Crippen MR) is 131 cm³/mol. The van der Waals surface area contributed by atoms with Crippen LogP contribution in [-0.2, 0) is 19.2 Å². The molecule has 34 heavy (non-hydrogen) atoms. The van der Waals surface area contributed by atoms with E-state index in [0.29, 0.717) is 24.6 Å². The van der Waals surface area contributed by atoms with Crippen LogP contribution in [0.15, 0.2) is 0 Å². The van der Waals surface area contributed by atoms with Crippen LogP contribution < -0.4 is 27.0 Å². The third-order valence-corrected chi connectivity index (χ3v) is 8.04. The molecule has 0 aromatic heterocycles. The van der Waals surface area contributed by atoms with E-state index in [4.69, 9.17) is 18.0 Å². The molecule has 10 nitrogen and oxygen atoms in total. The second kappa shape index (κ2) is 9.31. The first-order chi connectivity index (χ1) is 15.7. The zero-order chi connectivity index (χ0) is 25.6. The van der Waals surface area contributed by atoms with Gasteiger partial charge in [-0.3, -0.25) is 19.2 Å². The van der Waals surface area contributed by atoms with Gasteiger partial charge in [-0.2, -0.15) is 0 Å². The maximum atomic E-state index is 13.7. The van der Waals surface area contributed by atoms with Crippen molar-refractivity contribution in [3.63, 3.8) is 0 Å². The maximum absolute atomic E-state index is 13.7. The summed E-state index contributed by atoms with van der Waals surface area (Å²) in [5.74, 6) is -1.64. The number of nitrogens with two attached hydrogens (primary N) is 1. The predicted octanol–water partition coefficient (Wildman–Crippen LogP) is -0.526. The number of rotatable bonds is 7. The van der Waals surface area contributed by atoms with Crippen LogP contribution in [0.4, 0.5) is 0 Å². The van der Waals surface area contributed by atoms with Crippen LogP contribution in [0.2, 0.25) is 0 Å². The normalized spacial score (nSPS) is 28.9. The van der Waals surface area contributed by atoms with Crippen LogP contribution >= 0.6 is 12.2 Å². The van der Waals surface area contributed by atoms with Gasteiger partial charge in [-0.1, -0.05) is 34.6 Å². The Morgan fingerprint density at radius 3 is 2.41 bits per heavy atom. The summed E-state index contributed by atoms with van der Waals surface area (Å²) < 4.78 is 0. The molecule has 3 aliphatic rings. The van der Waals surface area contributed by atoms with E-state index < -0.39 is 35.4 Å². The number of carbonyl (C=O) groups excluding carboxylic acids is 4. The fourth-order valence-corrected chi connectivity index (χ4v) is 5.61. The molecule has 2 saturated heterocycles. The first kappa shape index (κ1) is 26.2. The molecule has 6 N–H and O–H groups in total. The van der Waals surface area contributed by atoms with Crippen LogP contribution in [0.1, 0.15) is 47.5 Å². The highest BCUT2D eigenvalue weighted by molar-refractivity contribution is 7.80. The average molecular weight is 495 g/mol. The Kier molecular flexibility index (Phi) is 7.17. The highest BCUT2D eigenvalue weighted by Gasteiger charge is 2.69. The summed E-state index contributed by atoms with van der Waals surface area (Å²) in [6.45, 7) is 11.0. The SMILES string of the molecule is CNC(=S)NC(C(=O)N1C[C@H]2[C@@H]([C@H]1C(=O)NC(C[C@@H]1CCNC1=O)C(N)=O)C2(C)C)C(C)(C)C. The molecule has 0 spiro atoms. The van der Waals surface area contributed by atoms with Gasteiger partial charge in [0.15, 0.2) is 5.11 Å². The average Bonchev–Trinajstić information content (AvgIpc) is 3.10. The van der Waals surface area contributed by atoms with E-state index in [1.165, 1.54) is 0 Å². The first-order valence-corrected chi connectivity index (χ1v) is 12.3. The van der Waals surface area contributed by atoms with Gasteiger partial charge >= 0.3 is 0 Å². The number of thiocarbonyl (C=S) groups is 1. The Morgan fingerprint density at radius 1 is 1.26 bits per heavy atom. The van der Waals surface area contributed by atoms with Crippen molar-refractivity contribution in [2.45, 2.75) is 65.6 Å². The molecule has 190 valence electrons. The summed E-state index contributed by atoms with van der Waals surface area (Å²) in [6, 6.07) is -2.34. The minimum Gasteiger partial charge on any atom is -0.368 e. The van der Waals surface area contributed by atoms with Crippen molar-refractivity contribution in [2.75, 3.05) is 20.1 Å². The molecule has 2 unspecified atom stereocenters. The molecule has 0 bridgehead atoms. The van der Waals surface area contributed by atoms with E-state index in [2.05, 4.69) is 35.1 Å². The third-order valence-electron chi connectivity index (χ3n) is 7.72. The van der Waals surface area contributed by atoms with Gasteiger partial charge in [-0.15, -0.1) is 0 Å². The van der Waals surface area contributed by atoms with Gasteiger partial charge in [-0.25, -0.2) is 0 Å². The Bertz CT molecular complexity index is 885. The molecular weight excluding hydrogens is 456 g/mol. The molecule has 3 fully saturated rings. The molecule has 0 aromatic carbocycles. The summed E-state index contributed by atoms with van der Waals surface area (Å²) in [7, 11) is 1.68. The number of amides is 4. The second-order valence-electron chi connectivity index (χ2n) is 11.4. The summed E-state index contributed by atoms with van der Waals surface area (Å²) in [6.07, 6.45) is 0.738. The zero-order valence-electron chi connectivity index (χ0n) is 20.9. The van der Waals surface area contributed by atoms with E-state index in [0.717, 1.165) is 0 Å². The molecule has 4 amide bonds. The Morgan fingerprint density at radius 2 is 1.91 bits per heavy atom. The van der Waals surface area contributed by atoms with Gasteiger partial charge in [0.05, 0.1) is 0 Å². The summed E-state index contributed by atoms with van der Waals surface area (Å²) in [4.78, 5) is 53.0. The van der Waals surface area contributed by atoms with Crippen molar-refractivity contribution in [3.05, 3.63) is 0 Å². The highest BCUT2D eigenvalue weighted by Crippen LogP contribution is 2.65. The van der Waals surface area contributed by atoms with Gasteiger partial charge < -0.3 is 31.9 Å². The molecule has 3 rings (SSSR count). The Hall–Kier alpha value is -2.43. The van der Waals surface area contributed by atoms with Crippen LogP contribution in [0.5, 0.6) is 0 Å². The van der Waals surface area contributed by atoms with E-state index >= 15 is 0 Å². The molecule has 2 heterocycles. The number of piperidine rings is 1. The Balaban J connectivity index is 1.82. The summed E-state index contributed by atoms with van der Waals surface area (Å²) >= 11 is 5.25. The number of nitrogens with one attached hydrogen (secondary N) is 4. The van der Waals surface area contributed by atoms with Gasteiger partial charge in [0, 0.05) is 26.1 Å². The highest BCUT2D eigenvalue weighted by atomic mass is 32.1. The summed E-state index contributed by atoms with van der Waals surface area (Å²) in [5, 5.41) is 11.8. The standard InChI is InChI=1S/C23H38N6O4S/c1-22(2,3)16(28-21(34)25-6)20(33)29-10-12-14(23(12,4)5)15(29)19(32)27-13(17(24)30)9-11-7-8-26-18(11)31/h11-16H,7-10H2,1-6H3,(H2,24,30)(H,26,31)(H,27,32)(H2,25,28,34)/t11-,12-,13?,14-,15-,16?/m0/s1. The number of primary amides is 1. The van der Waals surface area contributed by atoms with Gasteiger partial charge in [-0.05, 0) is 47.7 Å². The van der Waals surface area contributed by atoms with Crippen molar-refractivity contribution in [2.24, 2.45) is 34.3 Å². The Labute approximate surface area is 206 Å². The fraction of sp³-hybridized carbons (Fsp3) is 0.783. The topological polar surface area (TPSA) is 146 Å². The van der Waals surface area contributed by atoms with E-state index in [1.807, 2.05) is 20.8 Å². The maximum Gasteiger partial charge on any atom is 0.246 e. The number of likely N-dealkylation sites (tertiary alicyclic amines) is 1. The third kappa shape index (κ3) is 4.99. The van der Waals surface area contributed by atoms with E-state index in [9.17, 15) is 19.2 Å². The summed E-state index contributed by atoms with van der Waals surface area (Å²) in [5.41, 5.74) is 5.03. The second-order valence-corrected chi connectivity index (χ2v) is 11.8. The number of hydrogen-bond donors (Lipinski definition) is 5. The minimum absolute atomic E-state index is 0.0170. The van der Waals surface area contributed by atoms with E-state index in [-0.39, 0.29) is 41.4 Å². The smallest absolute Gasteiger partial charge is 0.246 e. The number of nitrogens with zero attached hydrogens (tertiary/aromatic N) is 1. The molecule has 0 aromatic rings. The molecule has 11 heteroatoms. The molecule has 2 aliphatic heterocycles. The number of carbonyl (C=O) groups is 4. The molecule has 6 atom stereocenters. The van der Waals surface area contributed by atoms with Crippen molar-refractivity contribution in [3.8, 4) is 0 Å². The van der Waals surface area contributed by atoms with Crippen LogP contribution in [0.25, 0.3) is 0 Å². The van der Waals surface area contributed by atoms with Crippen molar-refractivity contribution in [1.29, 1.82) is 0 Å².